The fourth-order valence-electron chi connectivity index (χ4n) is 2.93. The van der Waals surface area contributed by atoms with Crippen molar-refractivity contribution < 1.29 is 9.21 Å². The van der Waals surface area contributed by atoms with Gasteiger partial charge in [-0.2, -0.15) is 0 Å². The van der Waals surface area contributed by atoms with Crippen LogP contribution in [-0.2, 0) is 6.42 Å². The maximum atomic E-state index is 12.2. The third-order valence-corrected chi connectivity index (χ3v) is 4.10. The van der Waals surface area contributed by atoms with Gasteiger partial charge >= 0.3 is 5.63 Å². The molecule has 120 valence electrons. The Morgan fingerprint density at radius 2 is 1.79 bits per heavy atom. The average molecular weight is 319 g/mol. The first-order valence-electron chi connectivity index (χ1n) is 7.64. The van der Waals surface area contributed by atoms with Gasteiger partial charge in [0.15, 0.2) is 0 Å². The number of nitrogens with two attached hydrogens (primary N) is 1. The molecule has 1 amide bonds. The molecule has 0 fully saturated rings. The summed E-state index contributed by atoms with van der Waals surface area (Å²) in [4.78, 5) is 24.0. The number of carbonyl (C=O) groups is 1. The predicted octanol–water partition coefficient (Wildman–Crippen LogP) is 3.40. The van der Waals surface area contributed by atoms with Gasteiger partial charge in [-0.1, -0.05) is 54.6 Å². The normalized spacial score (nSPS) is 12.0. The predicted molar refractivity (Wildman–Crippen MR) is 94.1 cm³/mol. The maximum absolute atomic E-state index is 12.2. The van der Waals surface area contributed by atoms with Gasteiger partial charge in [0.05, 0.1) is 0 Å². The molecule has 3 aromatic rings. The second-order valence-corrected chi connectivity index (χ2v) is 5.56. The number of fused-ring (bicyclic) bond motifs is 1. The molecular weight excluding hydrogens is 302 g/mol. The van der Waals surface area contributed by atoms with Crippen LogP contribution in [0.25, 0.3) is 11.0 Å². The Morgan fingerprint density at radius 3 is 2.46 bits per heavy atom. The highest BCUT2D eigenvalue weighted by Crippen LogP contribution is 2.27. The molecule has 0 bridgehead atoms. The van der Waals surface area contributed by atoms with E-state index in [-0.39, 0.29) is 11.5 Å². The van der Waals surface area contributed by atoms with Crippen LogP contribution in [0, 0.1) is 0 Å². The molecule has 0 unspecified atom stereocenters. The third-order valence-electron chi connectivity index (χ3n) is 4.10. The molecule has 0 saturated heterocycles. The quantitative estimate of drug-likeness (QED) is 0.578. The Morgan fingerprint density at radius 1 is 1.12 bits per heavy atom. The molecule has 4 nitrogen and oxygen atoms in total. The van der Waals surface area contributed by atoms with Crippen molar-refractivity contribution in [3.05, 3.63) is 94.4 Å². The van der Waals surface area contributed by atoms with E-state index in [0.717, 1.165) is 5.56 Å². The van der Waals surface area contributed by atoms with Crippen LogP contribution in [0.3, 0.4) is 0 Å². The van der Waals surface area contributed by atoms with Gasteiger partial charge in [-0.25, -0.2) is 4.79 Å². The van der Waals surface area contributed by atoms with Crippen LogP contribution in [-0.4, -0.2) is 5.91 Å². The summed E-state index contributed by atoms with van der Waals surface area (Å²) in [6.07, 6.45) is 2.25. The van der Waals surface area contributed by atoms with Gasteiger partial charge < -0.3 is 10.2 Å². The molecule has 1 atom stereocenters. The molecule has 0 saturated carbocycles. The lowest BCUT2D eigenvalue weighted by atomic mass is 9.89. The fourth-order valence-corrected chi connectivity index (χ4v) is 2.93. The Balaban J connectivity index is 2.20. The standard InChI is InChI=1S/C20H17NO3/c1-2-13(14-8-4-3-5-9-14)12-16-15-10-6-7-11-17(15)24-20(23)18(16)19(21)22/h2-11,13H,1,12H2,(H2,21,22)/t13-/m1/s1. The Labute approximate surface area is 139 Å². The van der Waals surface area contributed by atoms with Crippen LogP contribution in [0.15, 0.2) is 76.5 Å². The highest BCUT2D eigenvalue weighted by Gasteiger charge is 2.21. The molecule has 4 heteroatoms. The zero-order valence-corrected chi connectivity index (χ0v) is 13.1. The Kier molecular flexibility index (Phi) is 4.29. The van der Waals surface area contributed by atoms with Crippen molar-refractivity contribution in [3.8, 4) is 0 Å². The van der Waals surface area contributed by atoms with Gasteiger partial charge in [0.2, 0.25) is 0 Å². The minimum atomic E-state index is -0.777. The molecule has 0 aliphatic rings. The number of benzene rings is 2. The van der Waals surface area contributed by atoms with E-state index in [9.17, 15) is 9.59 Å². The summed E-state index contributed by atoms with van der Waals surface area (Å²) >= 11 is 0. The highest BCUT2D eigenvalue weighted by molar-refractivity contribution is 5.98. The number of rotatable bonds is 5. The number of carbonyl (C=O) groups excluding carboxylic acids is 1. The molecule has 0 radical (unpaired) electrons. The number of amides is 1. The maximum Gasteiger partial charge on any atom is 0.349 e. The molecule has 2 N–H and O–H groups in total. The average Bonchev–Trinajstić information content (AvgIpc) is 2.59. The number of allylic oxidation sites excluding steroid dienone is 1. The van der Waals surface area contributed by atoms with Crippen LogP contribution < -0.4 is 11.4 Å². The Bertz CT molecular complexity index is 958. The minimum Gasteiger partial charge on any atom is -0.422 e. The van der Waals surface area contributed by atoms with E-state index in [2.05, 4.69) is 6.58 Å². The van der Waals surface area contributed by atoms with Crippen LogP contribution in [0.5, 0.6) is 0 Å². The minimum absolute atomic E-state index is 0.0468. The molecule has 0 aliphatic heterocycles. The van der Waals surface area contributed by atoms with Crippen LogP contribution in [0.1, 0.15) is 27.4 Å². The number of para-hydroxylation sites is 1. The van der Waals surface area contributed by atoms with Crippen LogP contribution >= 0.6 is 0 Å². The van der Waals surface area contributed by atoms with E-state index < -0.39 is 11.5 Å². The van der Waals surface area contributed by atoms with Crippen molar-refractivity contribution in [2.24, 2.45) is 5.73 Å². The smallest absolute Gasteiger partial charge is 0.349 e. The molecule has 24 heavy (non-hydrogen) atoms. The topological polar surface area (TPSA) is 73.3 Å². The van der Waals surface area contributed by atoms with E-state index in [0.29, 0.717) is 23.0 Å². The first kappa shape index (κ1) is 15.7. The first-order chi connectivity index (χ1) is 11.6. The largest absolute Gasteiger partial charge is 0.422 e. The van der Waals surface area contributed by atoms with Gasteiger partial charge in [0.1, 0.15) is 11.1 Å². The Hall–Kier alpha value is -3.14. The summed E-state index contributed by atoms with van der Waals surface area (Å²) in [6, 6.07) is 16.9. The summed E-state index contributed by atoms with van der Waals surface area (Å²) in [5.41, 5.74) is 6.75. The molecule has 1 aromatic heterocycles. The van der Waals surface area contributed by atoms with Crippen molar-refractivity contribution in [2.45, 2.75) is 12.3 Å². The lowest BCUT2D eigenvalue weighted by Gasteiger charge is -2.16. The SMILES string of the molecule is C=C[C@H](Cc1c(C(N)=O)c(=O)oc2ccccc12)c1ccccc1. The second kappa shape index (κ2) is 6.54. The van der Waals surface area contributed by atoms with Gasteiger partial charge in [0.25, 0.3) is 5.91 Å². The summed E-state index contributed by atoms with van der Waals surface area (Å²) in [7, 11) is 0. The van der Waals surface area contributed by atoms with Crippen molar-refractivity contribution >= 4 is 16.9 Å². The molecule has 3 rings (SSSR count). The fraction of sp³-hybridized carbons (Fsp3) is 0.100. The van der Waals surface area contributed by atoms with Gasteiger partial charge in [0, 0.05) is 11.3 Å². The summed E-state index contributed by atoms with van der Waals surface area (Å²) in [5, 5.41) is 0.716. The van der Waals surface area contributed by atoms with Crippen LogP contribution in [0.4, 0.5) is 0 Å². The zero-order valence-electron chi connectivity index (χ0n) is 13.1. The second-order valence-electron chi connectivity index (χ2n) is 5.56. The van der Waals surface area contributed by atoms with E-state index in [1.807, 2.05) is 48.5 Å². The van der Waals surface area contributed by atoms with E-state index in [1.54, 1.807) is 12.1 Å². The van der Waals surface area contributed by atoms with Crippen molar-refractivity contribution in [2.75, 3.05) is 0 Å². The number of hydrogen-bond acceptors (Lipinski definition) is 3. The lowest BCUT2D eigenvalue weighted by Crippen LogP contribution is -2.24. The number of hydrogen-bond donors (Lipinski definition) is 1. The number of primary amides is 1. The van der Waals surface area contributed by atoms with Crippen molar-refractivity contribution in [1.29, 1.82) is 0 Å². The molecule has 1 heterocycles. The summed E-state index contributed by atoms with van der Waals surface area (Å²) in [6.45, 7) is 3.89. The first-order valence-corrected chi connectivity index (χ1v) is 7.64. The molecular formula is C20H17NO3. The van der Waals surface area contributed by atoms with E-state index in [4.69, 9.17) is 10.2 Å². The monoisotopic (exact) mass is 319 g/mol. The molecule has 0 spiro atoms. The third kappa shape index (κ3) is 2.86. The van der Waals surface area contributed by atoms with Gasteiger partial charge in [-0.15, -0.1) is 6.58 Å². The van der Waals surface area contributed by atoms with E-state index in [1.165, 1.54) is 0 Å². The van der Waals surface area contributed by atoms with Crippen molar-refractivity contribution in [3.63, 3.8) is 0 Å². The molecule has 0 aliphatic carbocycles. The highest BCUT2D eigenvalue weighted by atomic mass is 16.4. The van der Waals surface area contributed by atoms with Crippen molar-refractivity contribution in [1.82, 2.24) is 0 Å². The van der Waals surface area contributed by atoms with Gasteiger partial charge in [-0.3, -0.25) is 4.79 Å². The summed E-state index contributed by atoms with van der Waals surface area (Å²) < 4.78 is 5.23. The zero-order chi connectivity index (χ0) is 17.1. The van der Waals surface area contributed by atoms with E-state index >= 15 is 0 Å². The van der Waals surface area contributed by atoms with Crippen LogP contribution in [0.2, 0.25) is 0 Å². The summed E-state index contributed by atoms with van der Waals surface area (Å²) in [5.74, 6) is -0.824. The molecule has 2 aromatic carbocycles. The van der Waals surface area contributed by atoms with Gasteiger partial charge in [-0.05, 0) is 23.6 Å². The lowest BCUT2D eigenvalue weighted by molar-refractivity contribution is 0.0996.